The molecule has 0 saturated carbocycles. The molecule has 104 valence electrons. The first kappa shape index (κ1) is 13.7. The summed E-state index contributed by atoms with van der Waals surface area (Å²) >= 11 is 0. The Hall–Kier alpha value is -0.770. The van der Waals surface area contributed by atoms with Gasteiger partial charge in [0.25, 0.3) is 0 Å². The van der Waals surface area contributed by atoms with Crippen LogP contribution in [0.3, 0.4) is 0 Å². The lowest BCUT2D eigenvalue weighted by Gasteiger charge is -2.64. The zero-order valence-corrected chi connectivity index (χ0v) is 12.5. The van der Waals surface area contributed by atoms with Crippen LogP contribution in [0.4, 0.5) is 4.79 Å². The molecule has 0 bridgehead atoms. The number of carbonyl (C=O) groups excluding carboxylic acids is 1. The van der Waals surface area contributed by atoms with Crippen molar-refractivity contribution >= 4 is 6.09 Å². The lowest BCUT2D eigenvalue weighted by atomic mass is 9.59. The Morgan fingerprint density at radius 1 is 1.22 bits per heavy atom. The molecule has 0 aliphatic carbocycles. The predicted octanol–water partition coefficient (Wildman–Crippen LogP) is 2.24. The third-order valence-corrected chi connectivity index (χ3v) is 3.80. The topological polar surface area (TPSA) is 41.6 Å². The van der Waals surface area contributed by atoms with Gasteiger partial charge in [0.1, 0.15) is 5.60 Å². The van der Waals surface area contributed by atoms with Crippen molar-refractivity contribution in [3.05, 3.63) is 0 Å². The van der Waals surface area contributed by atoms with Crippen LogP contribution in [0.25, 0.3) is 0 Å². The number of hydrogen-bond donors (Lipinski definition) is 1. The summed E-state index contributed by atoms with van der Waals surface area (Å²) in [7, 11) is 0. The largest absolute Gasteiger partial charge is 0.444 e. The zero-order chi connectivity index (χ0) is 13.8. The molecule has 0 unspecified atom stereocenters. The highest BCUT2D eigenvalue weighted by Crippen LogP contribution is 2.46. The van der Waals surface area contributed by atoms with E-state index in [1.807, 2.05) is 25.7 Å². The van der Waals surface area contributed by atoms with E-state index in [-0.39, 0.29) is 16.9 Å². The number of rotatable bonds is 0. The van der Waals surface area contributed by atoms with Crippen molar-refractivity contribution in [2.24, 2.45) is 10.8 Å². The average Bonchev–Trinajstić information content (AvgIpc) is 1.90. The maximum atomic E-state index is 11.9. The van der Waals surface area contributed by atoms with Gasteiger partial charge in [-0.15, -0.1) is 0 Å². The van der Waals surface area contributed by atoms with Gasteiger partial charge in [-0.2, -0.15) is 0 Å². The fraction of sp³-hybridized carbons (Fsp3) is 0.929. The van der Waals surface area contributed by atoms with Gasteiger partial charge in [-0.1, -0.05) is 20.8 Å². The minimum absolute atomic E-state index is 0.173. The number of ether oxygens (including phenoxy) is 1. The van der Waals surface area contributed by atoms with E-state index in [1.54, 1.807) is 0 Å². The quantitative estimate of drug-likeness (QED) is 0.721. The van der Waals surface area contributed by atoms with Gasteiger partial charge in [0, 0.05) is 31.1 Å². The highest BCUT2D eigenvalue weighted by Gasteiger charge is 2.59. The van der Waals surface area contributed by atoms with Crippen LogP contribution in [-0.4, -0.2) is 42.3 Å². The molecule has 18 heavy (non-hydrogen) atoms. The van der Waals surface area contributed by atoms with E-state index in [0.29, 0.717) is 6.04 Å². The number of carbonyl (C=O) groups is 1. The van der Waals surface area contributed by atoms with Crippen molar-refractivity contribution in [3.63, 3.8) is 0 Å². The van der Waals surface area contributed by atoms with Crippen LogP contribution in [-0.2, 0) is 4.74 Å². The van der Waals surface area contributed by atoms with Crippen LogP contribution in [0.5, 0.6) is 0 Å². The second-order valence-electron chi connectivity index (χ2n) is 7.88. The summed E-state index contributed by atoms with van der Waals surface area (Å²) < 4.78 is 5.39. The molecule has 1 amide bonds. The molecular weight excluding hydrogens is 228 g/mol. The van der Waals surface area contributed by atoms with Crippen molar-refractivity contribution in [1.29, 1.82) is 0 Å². The number of nitrogens with zero attached hydrogens (tertiary/aromatic N) is 1. The molecule has 0 aromatic heterocycles. The summed E-state index contributed by atoms with van der Waals surface area (Å²) in [4.78, 5) is 13.7. The number of amides is 1. The highest BCUT2D eigenvalue weighted by atomic mass is 16.6. The molecule has 2 rings (SSSR count). The molecule has 1 atom stereocenters. The van der Waals surface area contributed by atoms with E-state index in [2.05, 4.69) is 26.1 Å². The number of nitrogens with one attached hydrogen (secondary N) is 1. The molecule has 1 spiro atoms. The minimum atomic E-state index is -0.402. The monoisotopic (exact) mass is 254 g/mol. The Bertz CT molecular complexity index is 346. The van der Waals surface area contributed by atoms with Crippen LogP contribution in [0, 0.1) is 10.8 Å². The van der Waals surface area contributed by atoms with Gasteiger partial charge in [0.05, 0.1) is 0 Å². The second-order valence-corrected chi connectivity index (χ2v) is 7.88. The Morgan fingerprint density at radius 3 is 2.11 bits per heavy atom. The molecule has 1 N–H and O–H groups in total. The number of hydrogen-bond acceptors (Lipinski definition) is 3. The van der Waals surface area contributed by atoms with E-state index >= 15 is 0 Å². The zero-order valence-electron chi connectivity index (χ0n) is 12.5. The van der Waals surface area contributed by atoms with Gasteiger partial charge in [0.15, 0.2) is 0 Å². The van der Waals surface area contributed by atoms with Crippen molar-refractivity contribution in [2.75, 3.05) is 19.6 Å². The third kappa shape index (κ3) is 2.35. The Kier molecular flexibility index (Phi) is 2.93. The van der Waals surface area contributed by atoms with E-state index in [4.69, 9.17) is 4.74 Å². The van der Waals surface area contributed by atoms with Crippen molar-refractivity contribution in [1.82, 2.24) is 10.2 Å². The molecule has 0 radical (unpaired) electrons. The minimum Gasteiger partial charge on any atom is -0.444 e. The molecular formula is C14H26N2O2. The standard InChI is InChI=1S/C14H26N2O2/c1-12(2,3)10-14(7-15-10)8-16(9-14)11(17)18-13(4,5)6/h10,15H,7-9H2,1-6H3/t10-/m1/s1. The smallest absolute Gasteiger partial charge is 0.410 e. The normalized spacial score (nSPS) is 26.6. The summed E-state index contributed by atoms with van der Waals surface area (Å²) in [6, 6.07) is 0.503. The highest BCUT2D eigenvalue weighted by molar-refractivity contribution is 5.69. The molecule has 4 nitrogen and oxygen atoms in total. The summed E-state index contributed by atoms with van der Waals surface area (Å²) in [6.45, 7) is 15.2. The maximum absolute atomic E-state index is 11.9. The lowest BCUT2D eigenvalue weighted by Crippen LogP contribution is -2.79. The SMILES string of the molecule is CC(C)(C)OC(=O)N1CC2(CN[C@@H]2C(C)(C)C)C1. The first-order chi connectivity index (χ1) is 8.04. The van der Waals surface area contributed by atoms with E-state index < -0.39 is 5.60 Å². The van der Waals surface area contributed by atoms with Gasteiger partial charge in [-0.05, 0) is 26.2 Å². The molecule has 0 aromatic carbocycles. The molecule has 2 saturated heterocycles. The summed E-state index contributed by atoms with van der Waals surface area (Å²) in [5, 5.41) is 3.51. The van der Waals surface area contributed by atoms with Crippen molar-refractivity contribution in [3.8, 4) is 0 Å². The summed E-state index contributed by atoms with van der Waals surface area (Å²) in [5.41, 5.74) is 0.133. The molecule has 4 heteroatoms. The lowest BCUT2D eigenvalue weighted by molar-refractivity contribution is -0.111. The predicted molar refractivity (Wildman–Crippen MR) is 71.5 cm³/mol. The van der Waals surface area contributed by atoms with Crippen LogP contribution < -0.4 is 5.32 Å². The molecule has 0 aromatic rings. The molecule has 2 fully saturated rings. The van der Waals surface area contributed by atoms with Gasteiger partial charge in [-0.3, -0.25) is 0 Å². The molecule has 2 aliphatic heterocycles. The Labute approximate surface area is 110 Å². The van der Waals surface area contributed by atoms with Crippen molar-refractivity contribution < 1.29 is 9.53 Å². The average molecular weight is 254 g/mol. The van der Waals surface area contributed by atoms with Crippen LogP contribution in [0.15, 0.2) is 0 Å². The van der Waals surface area contributed by atoms with E-state index in [9.17, 15) is 4.79 Å². The van der Waals surface area contributed by atoms with Gasteiger partial charge >= 0.3 is 6.09 Å². The van der Waals surface area contributed by atoms with Gasteiger partial charge in [0.2, 0.25) is 0 Å². The number of likely N-dealkylation sites (tertiary alicyclic amines) is 1. The van der Waals surface area contributed by atoms with Crippen LogP contribution >= 0.6 is 0 Å². The molecule has 2 aliphatic rings. The van der Waals surface area contributed by atoms with E-state index in [0.717, 1.165) is 19.6 Å². The third-order valence-electron chi connectivity index (χ3n) is 3.80. The van der Waals surface area contributed by atoms with Gasteiger partial charge < -0.3 is 15.0 Å². The van der Waals surface area contributed by atoms with Crippen LogP contribution in [0.1, 0.15) is 41.5 Å². The second kappa shape index (κ2) is 3.86. The summed E-state index contributed by atoms with van der Waals surface area (Å²) in [6.07, 6.45) is -0.173. The molecule has 2 heterocycles. The van der Waals surface area contributed by atoms with Gasteiger partial charge in [-0.25, -0.2) is 4.79 Å². The first-order valence-electron chi connectivity index (χ1n) is 6.75. The maximum Gasteiger partial charge on any atom is 0.410 e. The Morgan fingerprint density at radius 2 is 1.78 bits per heavy atom. The van der Waals surface area contributed by atoms with Crippen LogP contribution in [0.2, 0.25) is 0 Å². The van der Waals surface area contributed by atoms with Crippen molar-refractivity contribution in [2.45, 2.75) is 53.2 Å². The fourth-order valence-electron chi connectivity index (χ4n) is 3.18. The Balaban J connectivity index is 1.89. The summed E-state index contributed by atoms with van der Waals surface area (Å²) in [5.74, 6) is 0. The first-order valence-corrected chi connectivity index (χ1v) is 6.75. The van der Waals surface area contributed by atoms with E-state index in [1.165, 1.54) is 0 Å². The fourth-order valence-corrected chi connectivity index (χ4v) is 3.18.